The average molecular weight is 405 g/mol. The van der Waals surface area contributed by atoms with Crippen LogP contribution in [0.25, 0.3) is 0 Å². The minimum atomic E-state index is -0.311. The van der Waals surface area contributed by atoms with Crippen LogP contribution in [0.2, 0.25) is 0 Å². The van der Waals surface area contributed by atoms with Gasteiger partial charge in [-0.3, -0.25) is 0 Å². The van der Waals surface area contributed by atoms with E-state index in [1.807, 2.05) is 0 Å². The van der Waals surface area contributed by atoms with Crippen molar-refractivity contribution in [2.24, 2.45) is 0 Å². The summed E-state index contributed by atoms with van der Waals surface area (Å²) in [6, 6.07) is 9.27. The van der Waals surface area contributed by atoms with Crippen LogP contribution in [0.3, 0.4) is 0 Å². The second kappa shape index (κ2) is 6.78. The quantitative estimate of drug-likeness (QED) is 0.756. The average Bonchev–Trinajstić information content (AvgIpc) is 2.41. The molecule has 1 unspecified atom stereocenters. The summed E-state index contributed by atoms with van der Waals surface area (Å²) in [7, 11) is 1.74. The summed E-state index contributed by atoms with van der Waals surface area (Å²) in [6.45, 7) is 0. The molecule has 0 saturated heterocycles. The molecule has 1 nitrogen and oxygen atoms in total. The van der Waals surface area contributed by atoms with E-state index in [1.165, 1.54) is 12.1 Å². The van der Waals surface area contributed by atoms with E-state index in [0.717, 1.165) is 4.47 Å². The lowest BCUT2D eigenvalue weighted by Gasteiger charge is -2.19. The van der Waals surface area contributed by atoms with E-state index in [4.69, 9.17) is 0 Å². The molecule has 106 valence electrons. The predicted molar refractivity (Wildman–Crippen MR) is 83.7 cm³/mol. The van der Waals surface area contributed by atoms with E-state index < -0.39 is 0 Å². The summed E-state index contributed by atoms with van der Waals surface area (Å²) >= 11 is 6.67. The van der Waals surface area contributed by atoms with E-state index in [0.29, 0.717) is 22.0 Å². The lowest BCUT2D eigenvalue weighted by Crippen LogP contribution is -2.21. The maximum Gasteiger partial charge on any atom is 0.129 e. The highest BCUT2D eigenvalue weighted by Gasteiger charge is 2.19. The fourth-order valence-corrected chi connectivity index (χ4v) is 3.14. The third kappa shape index (κ3) is 3.45. The van der Waals surface area contributed by atoms with Crippen LogP contribution in [-0.2, 0) is 6.42 Å². The van der Waals surface area contributed by atoms with Gasteiger partial charge in [0.05, 0.1) is 0 Å². The largest absolute Gasteiger partial charge is 0.313 e. The first kappa shape index (κ1) is 15.6. The number of hydrogen-bond donors (Lipinski definition) is 1. The molecule has 0 saturated carbocycles. The van der Waals surface area contributed by atoms with Gasteiger partial charge >= 0.3 is 0 Å². The Morgan fingerprint density at radius 3 is 2.50 bits per heavy atom. The van der Waals surface area contributed by atoms with Gasteiger partial charge in [0.1, 0.15) is 11.6 Å². The molecule has 0 fully saturated rings. The molecule has 0 aliphatic heterocycles. The SMILES string of the molecule is CNC(Cc1cc(Br)ccc1F)c1c(F)cccc1Br. The molecule has 0 aliphatic rings. The molecule has 1 atom stereocenters. The second-order valence-corrected chi connectivity index (χ2v) is 6.19. The number of hydrogen-bond acceptors (Lipinski definition) is 1. The Labute approximate surface area is 133 Å². The van der Waals surface area contributed by atoms with Gasteiger partial charge in [-0.25, -0.2) is 8.78 Å². The summed E-state index contributed by atoms with van der Waals surface area (Å²) in [5.41, 5.74) is 1.04. The van der Waals surface area contributed by atoms with Crippen molar-refractivity contribution in [1.29, 1.82) is 0 Å². The third-order valence-electron chi connectivity index (χ3n) is 3.13. The van der Waals surface area contributed by atoms with Crippen LogP contribution in [-0.4, -0.2) is 7.05 Å². The lowest BCUT2D eigenvalue weighted by atomic mass is 9.98. The summed E-state index contributed by atoms with van der Waals surface area (Å²) in [4.78, 5) is 0. The normalized spacial score (nSPS) is 12.4. The van der Waals surface area contributed by atoms with E-state index in [2.05, 4.69) is 37.2 Å². The van der Waals surface area contributed by atoms with Gasteiger partial charge in [-0.2, -0.15) is 0 Å². The predicted octanol–water partition coefficient (Wildman–Crippen LogP) is 4.99. The van der Waals surface area contributed by atoms with Gasteiger partial charge in [-0.15, -0.1) is 0 Å². The monoisotopic (exact) mass is 403 g/mol. The van der Waals surface area contributed by atoms with Crippen LogP contribution in [0, 0.1) is 11.6 Å². The summed E-state index contributed by atoms with van der Waals surface area (Å²) < 4.78 is 29.3. The van der Waals surface area contributed by atoms with Crippen LogP contribution >= 0.6 is 31.9 Å². The van der Waals surface area contributed by atoms with E-state index in [1.54, 1.807) is 31.3 Å². The van der Waals surface area contributed by atoms with Gasteiger partial charge < -0.3 is 5.32 Å². The number of rotatable bonds is 4. The van der Waals surface area contributed by atoms with Crippen molar-refractivity contribution in [3.05, 3.63) is 68.1 Å². The molecule has 0 aliphatic carbocycles. The van der Waals surface area contributed by atoms with Crippen LogP contribution in [0.1, 0.15) is 17.2 Å². The van der Waals surface area contributed by atoms with Crippen molar-refractivity contribution in [2.75, 3.05) is 7.05 Å². The Morgan fingerprint density at radius 1 is 1.10 bits per heavy atom. The molecule has 2 aromatic rings. The molecule has 0 radical (unpaired) electrons. The summed E-state index contributed by atoms with van der Waals surface area (Å²) in [5, 5.41) is 3.04. The maximum absolute atomic E-state index is 14.0. The number of halogens is 4. The highest BCUT2D eigenvalue weighted by molar-refractivity contribution is 9.10. The molecular formula is C15H13Br2F2N. The Hall–Kier alpha value is -0.780. The topological polar surface area (TPSA) is 12.0 Å². The first-order valence-corrected chi connectivity index (χ1v) is 7.66. The molecule has 1 N–H and O–H groups in total. The maximum atomic E-state index is 14.0. The standard InChI is InChI=1S/C15H13Br2F2N/c1-20-14(15-11(17)3-2-4-13(15)19)8-9-7-10(16)5-6-12(9)18/h2-7,14,20H,8H2,1H3. The molecule has 2 aromatic carbocycles. The molecule has 5 heteroatoms. The van der Waals surface area contributed by atoms with Crippen molar-refractivity contribution in [3.8, 4) is 0 Å². The molecule has 2 rings (SSSR count). The van der Waals surface area contributed by atoms with E-state index in [9.17, 15) is 8.78 Å². The van der Waals surface area contributed by atoms with Crippen molar-refractivity contribution < 1.29 is 8.78 Å². The van der Waals surface area contributed by atoms with Gasteiger partial charge in [0.15, 0.2) is 0 Å². The Balaban J connectivity index is 2.36. The Bertz CT molecular complexity index is 597. The number of benzene rings is 2. The van der Waals surface area contributed by atoms with Gasteiger partial charge in [0, 0.05) is 20.6 Å². The fourth-order valence-electron chi connectivity index (χ4n) is 2.11. The molecule has 0 bridgehead atoms. The summed E-state index contributed by atoms with van der Waals surface area (Å²) in [5.74, 6) is -0.602. The first-order valence-electron chi connectivity index (χ1n) is 6.08. The number of likely N-dealkylation sites (N-methyl/N-ethyl adjacent to an activating group) is 1. The van der Waals surface area contributed by atoms with Gasteiger partial charge in [0.2, 0.25) is 0 Å². The molecule has 0 aromatic heterocycles. The smallest absolute Gasteiger partial charge is 0.129 e. The number of nitrogens with one attached hydrogen (secondary N) is 1. The molecule has 0 amide bonds. The molecule has 0 heterocycles. The molecular weight excluding hydrogens is 392 g/mol. The van der Waals surface area contributed by atoms with Crippen LogP contribution in [0.5, 0.6) is 0 Å². The Morgan fingerprint density at radius 2 is 1.85 bits per heavy atom. The third-order valence-corrected chi connectivity index (χ3v) is 4.31. The van der Waals surface area contributed by atoms with Gasteiger partial charge in [-0.05, 0) is 49.4 Å². The molecule has 0 spiro atoms. The van der Waals surface area contributed by atoms with Crippen LogP contribution in [0.15, 0.2) is 45.3 Å². The Kier molecular flexibility index (Phi) is 5.29. The minimum absolute atomic E-state index is 0.291. The van der Waals surface area contributed by atoms with Crippen molar-refractivity contribution >= 4 is 31.9 Å². The van der Waals surface area contributed by atoms with Crippen molar-refractivity contribution in [3.63, 3.8) is 0 Å². The second-order valence-electron chi connectivity index (χ2n) is 4.42. The zero-order chi connectivity index (χ0) is 14.7. The first-order chi connectivity index (χ1) is 9.52. The van der Waals surface area contributed by atoms with E-state index in [-0.39, 0.29) is 17.7 Å². The fraction of sp³-hybridized carbons (Fsp3) is 0.200. The van der Waals surface area contributed by atoms with Gasteiger partial charge in [0.25, 0.3) is 0 Å². The van der Waals surface area contributed by atoms with E-state index >= 15 is 0 Å². The molecule has 20 heavy (non-hydrogen) atoms. The van der Waals surface area contributed by atoms with Crippen molar-refractivity contribution in [2.45, 2.75) is 12.5 Å². The zero-order valence-electron chi connectivity index (χ0n) is 10.8. The van der Waals surface area contributed by atoms with Gasteiger partial charge in [-0.1, -0.05) is 37.9 Å². The minimum Gasteiger partial charge on any atom is -0.313 e. The lowest BCUT2D eigenvalue weighted by molar-refractivity contribution is 0.517. The summed E-state index contributed by atoms with van der Waals surface area (Å²) in [6.07, 6.45) is 0.362. The zero-order valence-corrected chi connectivity index (χ0v) is 13.9. The highest BCUT2D eigenvalue weighted by atomic mass is 79.9. The highest BCUT2D eigenvalue weighted by Crippen LogP contribution is 2.29. The van der Waals surface area contributed by atoms with Crippen molar-refractivity contribution in [1.82, 2.24) is 5.32 Å². The van der Waals surface area contributed by atoms with Crippen LogP contribution < -0.4 is 5.32 Å². The van der Waals surface area contributed by atoms with Crippen LogP contribution in [0.4, 0.5) is 8.78 Å².